The van der Waals surface area contributed by atoms with Crippen molar-refractivity contribution in [3.05, 3.63) is 29.4 Å². The highest BCUT2D eigenvalue weighted by Gasteiger charge is 1.99. The molecule has 2 nitrogen and oxygen atoms in total. The van der Waals surface area contributed by atoms with Crippen molar-refractivity contribution in [2.75, 3.05) is 0 Å². The summed E-state index contributed by atoms with van der Waals surface area (Å²) in [5.74, 6) is 0.627. The van der Waals surface area contributed by atoms with Crippen LogP contribution >= 0.6 is 0 Å². The minimum Gasteiger partial charge on any atom is -0.278 e. The van der Waals surface area contributed by atoms with Crippen LogP contribution in [0.4, 0.5) is 0 Å². The van der Waals surface area contributed by atoms with Gasteiger partial charge in [-0.2, -0.15) is 5.10 Å². The quantitative estimate of drug-likeness (QED) is 0.736. The second-order valence-corrected chi connectivity index (χ2v) is 3.59. The molecular weight excluding hydrogens is 160 g/mol. The Bertz CT molecular complexity index is 384. The summed E-state index contributed by atoms with van der Waals surface area (Å²) in [5, 5.41) is 8.73. The molecule has 1 N–H and O–H groups in total. The molecule has 13 heavy (non-hydrogen) atoms. The number of aromatic nitrogens is 2. The molecule has 0 spiro atoms. The number of aromatic amines is 1. The molecule has 1 rings (SSSR count). The van der Waals surface area contributed by atoms with Crippen LogP contribution in [-0.4, -0.2) is 10.2 Å². The maximum atomic E-state index is 3.94. The van der Waals surface area contributed by atoms with Gasteiger partial charge in [0.05, 0.1) is 11.5 Å². The number of rotatable bonds is 3. The van der Waals surface area contributed by atoms with Gasteiger partial charge in [0, 0.05) is 5.22 Å². The molecule has 0 fully saturated rings. The average Bonchev–Trinajstić information content (AvgIpc) is 2.47. The second-order valence-electron chi connectivity index (χ2n) is 3.59. The van der Waals surface area contributed by atoms with Crippen molar-refractivity contribution >= 4 is 12.2 Å². The molecule has 1 heterocycles. The van der Waals surface area contributed by atoms with Crippen LogP contribution in [0.2, 0.25) is 0 Å². The van der Waals surface area contributed by atoms with Gasteiger partial charge in [-0.05, 0) is 17.9 Å². The molecule has 0 aliphatic heterocycles. The Morgan fingerprint density at radius 1 is 1.69 bits per heavy atom. The van der Waals surface area contributed by atoms with E-state index in [1.165, 1.54) is 5.57 Å². The van der Waals surface area contributed by atoms with E-state index in [4.69, 9.17) is 0 Å². The molecule has 0 saturated heterocycles. The first-order chi connectivity index (χ1) is 6.15. The molecule has 0 atom stereocenters. The largest absolute Gasteiger partial charge is 0.278 e. The molecule has 0 aliphatic rings. The number of hydrogen-bond donors (Lipinski definition) is 1. The Balaban J connectivity index is 3.21. The maximum absolute atomic E-state index is 3.94. The fraction of sp³-hybridized carbons (Fsp3) is 0.364. The van der Waals surface area contributed by atoms with Gasteiger partial charge >= 0.3 is 0 Å². The molecule has 0 unspecified atom stereocenters. The smallest absolute Gasteiger partial charge is 0.0581 e. The third-order valence-corrected chi connectivity index (χ3v) is 1.94. The van der Waals surface area contributed by atoms with Gasteiger partial charge in [-0.15, -0.1) is 0 Å². The van der Waals surface area contributed by atoms with Crippen molar-refractivity contribution in [2.45, 2.75) is 20.3 Å². The fourth-order valence-electron chi connectivity index (χ4n) is 1.33. The van der Waals surface area contributed by atoms with E-state index in [2.05, 4.69) is 37.2 Å². The van der Waals surface area contributed by atoms with Gasteiger partial charge in [0.25, 0.3) is 0 Å². The fourth-order valence-corrected chi connectivity index (χ4v) is 1.33. The molecule has 0 saturated carbocycles. The summed E-state index contributed by atoms with van der Waals surface area (Å²) in [7, 11) is 0. The zero-order valence-corrected chi connectivity index (χ0v) is 8.30. The van der Waals surface area contributed by atoms with Crippen molar-refractivity contribution in [1.82, 2.24) is 10.2 Å². The number of nitrogens with zero attached hydrogens (tertiary/aromatic N) is 1. The summed E-state index contributed by atoms with van der Waals surface area (Å²) in [6, 6.07) is 0. The number of hydrogen-bond acceptors (Lipinski definition) is 1. The summed E-state index contributed by atoms with van der Waals surface area (Å²) in [4.78, 5) is 0. The minimum atomic E-state index is 0.627. The molecule has 0 aliphatic carbocycles. The SMILES string of the molecule is C=C/C(CC(C)C)=c1/cn[nH]c1=C. The Morgan fingerprint density at radius 2 is 2.38 bits per heavy atom. The number of nitrogens with one attached hydrogen (secondary N) is 1. The molecule has 2 heteroatoms. The Hall–Kier alpha value is -1.31. The summed E-state index contributed by atoms with van der Waals surface area (Å²) in [6.07, 6.45) is 4.72. The van der Waals surface area contributed by atoms with E-state index < -0.39 is 0 Å². The van der Waals surface area contributed by atoms with E-state index >= 15 is 0 Å². The van der Waals surface area contributed by atoms with Crippen LogP contribution < -0.4 is 10.6 Å². The molecule has 0 aromatic carbocycles. The van der Waals surface area contributed by atoms with Crippen molar-refractivity contribution in [2.24, 2.45) is 5.92 Å². The van der Waals surface area contributed by atoms with Crippen LogP contribution in [0.3, 0.4) is 0 Å². The lowest BCUT2D eigenvalue weighted by molar-refractivity contribution is 0.673. The lowest BCUT2D eigenvalue weighted by atomic mass is 10.0. The third kappa shape index (κ3) is 2.31. The van der Waals surface area contributed by atoms with E-state index in [9.17, 15) is 0 Å². The monoisotopic (exact) mass is 176 g/mol. The van der Waals surface area contributed by atoms with Crippen LogP contribution in [0.25, 0.3) is 12.2 Å². The van der Waals surface area contributed by atoms with Gasteiger partial charge in [0.2, 0.25) is 0 Å². The standard InChI is InChI=1S/C11H16N2/c1-5-10(6-8(2)3)11-7-12-13-9(11)4/h5,7-8,13H,1,4,6H2,2-3H3/b11-10+. The third-order valence-electron chi connectivity index (χ3n) is 1.94. The van der Waals surface area contributed by atoms with E-state index in [-0.39, 0.29) is 0 Å². The van der Waals surface area contributed by atoms with Gasteiger partial charge in [-0.25, -0.2) is 0 Å². The first-order valence-electron chi connectivity index (χ1n) is 4.49. The normalized spacial score (nSPS) is 13.2. The first kappa shape index (κ1) is 9.78. The summed E-state index contributed by atoms with van der Waals surface area (Å²) >= 11 is 0. The lowest BCUT2D eigenvalue weighted by Crippen LogP contribution is -2.23. The molecule has 0 bridgehead atoms. The molecule has 1 aromatic heterocycles. The van der Waals surface area contributed by atoms with Gasteiger partial charge in [0.1, 0.15) is 0 Å². The van der Waals surface area contributed by atoms with E-state index in [1.54, 1.807) is 0 Å². The average molecular weight is 176 g/mol. The van der Waals surface area contributed by atoms with Gasteiger partial charge < -0.3 is 0 Å². The second kappa shape index (κ2) is 4.08. The molecular formula is C11H16N2. The topological polar surface area (TPSA) is 28.7 Å². The van der Waals surface area contributed by atoms with Gasteiger partial charge in [-0.3, -0.25) is 5.10 Å². The molecule has 0 amide bonds. The summed E-state index contributed by atoms with van der Waals surface area (Å²) in [6.45, 7) is 12.0. The minimum absolute atomic E-state index is 0.627. The highest BCUT2D eigenvalue weighted by Crippen LogP contribution is 2.09. The van der Waals surface area contributed by atoms with Gasteiger partial charge in [0.15, 0.2) is 0 Å². The lowest BCUT2D eigenvalue weighted by Gasteiger charge is -2.03. The zero-order chi connectivity index (χ0) is 9.84. The highest BCUT2D eigenvalue weighted by molar-refractivity contribution is 5.55. The predicted molar refractivity (Wildman–Crippen MR) is 56.4 cm³/mol. The molecule has 1 aromatic rings. The van der Waals surface area contributed by atoms with E-state index in [0.717, 1.165) is 17.0 Å². The molecule has 70 valence electrons. The summed E-state index contributed by atoms with van der Waals surface area (Å²) in [5.41, 5.74) is 1.22. The van der Waals surface area contributed by atoms with Crippen LogP contribution in [-0.2, 0) is 0 Å². The van der Waals surface area contributed by atoms with Crippen molar-refractivity contribution < 1.29 is 0 Å². The predicted octanol–water partition coefficient (Wildman–Crippen LogP) is 1.20. The molecule has 0 radical (unpaired) electrons. The Labute approximate surface area is 78.7 Å². The van der Waals surface area contributed by atoms with Crippen molar-refractivity contribution in [3.63, 3.8) is 0 Å². The van der Waals surface area contributed by atoms with Crippen molar-refractivity contribution in [3.8, 4) is 0 Å². The van der Waals surface area contributed by atoms with Crippen LogP contribution in [0.15, 0.2) is 18.9 Å². The van der Waals surface area contributed by atoms with E-state index in [1.807, 2.05) is 12.3 Å². The van der Waals surface area contributed by atoms with Crippen molar-refractivity contribution in [1.29, 1.82) is 0 Å². The van der Waals surface area contributed by atoms with Crippen LogP contribution in [0.5, 0.6) is 0 Å². The first-order valence-corrected chi connectivity index (χ1v) is 4.49. The highest BCUT2D eigenvalue weighted by atomic mass is 15.1. The zero-order valence-electron chi connectivity index (χ0n) is 8.30. The summed E-state index contributed by atoms with van der Waals surface area (Å²) < 4.78 is 0. The van der Waals surface area contributed by atoms with E-state index in [0.29, 0.717) is 5.92 Å². The van der Waals surface area contributed by atoms with Crippen LogP contribution in [0, 0.1) is 5.92 Å². The Kier molecular flexibility index (Phi) is 3.07. The number of allylic oxidation sites excluding steroid dienone is 1. The van der Waals surface area contributed by atoms with Gasteiger partial charge in [-0.1, -0.05) is 33.1 Å². The maximum Gasteiger partial charge on any atom is 0.0581 e. The Morgan fingerprint density at radius 3 is 2.77 bits per heavy atom. The van der Waals surface area contributed by atoms with Crippen LogP contribution in [0.1, 0.15) is 20.3 Å². The number of H-pyrrole nitrogens is 1.